The molecule has 1 nitrogen and oxygen atoms in total. The standard InChI is InChI=1S/C12H19O.3ClH.Ti/c1-9-10(2)12(3,4)8-11(9)6-7-13-5;;;;/h6-7H2,1-5H3;3*1H;/q;;;;+3/p-3. The molecule has 0 N–H and O–H groups in total. The number of allylic oxidation sites excluding steroid dienone is 3. The average Bonchev–Trinajstić information content (AvgIpc) is 2.28. The zero-order valence-electron chi connectivity index (χ0n) is 11.0. The Morgan fingerprint density at radius 3 is 1.88 bits per heavy atom. The van der Waals surface area contributed by atoms with Crippen molar-refractivity contribution in [2.24, 2.45) is 5.41 Å². The second-order valence-corrected chi connectivity index (χ2v) is 5.25. The van der Waals surface area contributed by atoms with Crippen LogP contribution in [-0.4, -0.2) is 13.7 Å². The van der Waals surface area contributed by atoms with Crippen molar-refractivity contribution in [1.82, 2.24) is 0 Å². The fourth-order valence-corrected chi connectivity index (χ4v) is 2.74. The fraction of sp³-hybridized carbons (Fsp3) is 0.667. The molecule has 17 heavy (non-hydrogen) atoms. The maximum Gasteiger partial charge on any atom is -1.00 e. The number of hydrogen-bond donors (Lipinski definition) is 0. The van der Waals surface area contributed by atoms with E-state index in [1.165, 1.54) is 20.6 Å². The first-order chi connectivity index (χ1) is 6.42. The largest absolute Gasteiger partial charge is 1.00 e. The van der Waals surface area contributed by atoms with Gasteiger partial charge in [0.25, 0.3) is 0 Å². The van der Waals surface area contributed by atoms with Gasteiger partial charge in [0, 0.05) is 0 Å². The van der Waals surface area contributed by atoms with E-state index in [9.17, 15) is 0 Å². The first-order valence-electron chi connectivity index (χ1n) is 5.05. The summed E-state index contributed by atoms with van der Waals surface area (Å²) in [6.07, 6.45) is 1.05. The Hall–Kier alpha value is 1.02. The first kappa shape index (κ1) is 23.1. The second kappa shape index (κ2) is 9.01. The van der Waals surface area contributed by atoms with Gasteiger partial charge in [-0.1, -0.05) is 0 Å². The predicted molar refractivity (Wildman–Crippen MR) is 55.7 cm³/mol. The quantitative estimate of drug-likeness (QED) is 0.468. The second-order valence-electron chi connectivity index (χ2n) is 4.47. The molecular weight excluding hydrogens is 314 g/mol. The monoisotopic (exact) mass is 332 g/mol. The topological polar surface area (TPSA) is 9.23 Å². The van der Waals surface area contributed by atoms with E-state index in [1.807, 2.05) is 0 Å². The minimum atomic E-state index is 0. The molecule has 0 atom stereocenters. The van der Waals surface area contributed by atoms with Crippen LogP contribution in [0.4, 0.5) is 0 Å². The zero-order chi connectivity index (χ0) is 10.9. The molecule has 1 aliphatic rings. The van der Waals surface area contributed by atoms with E-state index in [1.54, 1.807) is 7.11 Å². The molecule has 0 aromatic rings. The summed E-state index contributed by atoms with van der Waals surface area (Å²) in [5.41, 5.74) is 4.76. The predicted octanol–water partition coefficient (Wildman–Crippen LogP) is -5.79. The van der Waals surface area contributed by atoms with Gasteiger partial charge in [-0.3, -0.25) is 0 Å². The van der Waals surface area contributed by atoms with Crippen LogP contribution in [0.5, 0.6) is 0 Å². The summed E-state index contributed by atoms with van der Waals surface area (Å²) < 4.78 is 6.67. The van der Waals surface area contributed by atoms with Gasteiger partial charge in [0.05, 0.1) is 0 Å². The molecule has 0 amide bonds. The average molecular weight is 334 g/mol. The zero-order valence-corrected chi connectivity index (χ0v) is 14.8. The first-order valence-corrected chi connectivity index (χ1v) is 5.83. The van der Waals surface area contributed by atoms with Crippen LogP contribution in [0.15, 0.2) is 20.6 Å². The van der Waals surface area contributed by atoms with E-state index < -0.39 is 0 Å². The molecule has 1 rings (SSSR count). The maximum atomic E-state index is 5.15. The number of rotatable bonds is 3. The van der Waals surface area contributed by atoms with Crippen molar-refractivity contribution >= 4 is 0 Å². The summed E-state index contributed by atoms with van der Waals surface area (Å²) in [7, 11) is 1.77. The van der Waals surface area contributed by atoms with Crippen LogP contribution < -0.4 is 37.2 Å². The molecule has 0 heterocycles. The smallest absolute Gasteiger partial charge is 1.00 e. The number of methoxy groups -OCH3 is 1. The van der Waals surface area contributed by atoms with Crippen molar-refractivity contribution in [2.45, 2.75) is 34.1 Å². The molecule has 1 aliphatic carbocycles. The van der Waals surface area contributed by atoms with Crippen LogP contribution in [-0.2, 0) is 25.2 Å². The number of halogens is 3. The van der Waals surface area contributed by atoms with Gasteiger partial charge in [-0.2, -0.15) is 0 Å². The third-order valence-corrected chi connectivity index (χ3v) is 4.88. The van der Waals surface area contributed by atoms with E-state index in [0.29, 0.717) is 0 Å². The van der Waals surface area contributed by atoms with Crippen LogP contribution in [0.1, 0.15) is 34.1 Å². The molecule has 0 unspecified atom stereocenters. The Bertz CT molecular complexity index is 309. The Labute approximate surface area is 135 Å². The molecule has 0 radical (unpaired) electrons. The van der Waals surface area contributed by atoms with E-state index in [4.69, 9.17) is 4.74 Å². The molecule has 98 valence electrons. The van der Waals surface area contributed by atoms with Gasteiger partial charge in [-0.05, 0) is 0 Å². The van der Waals surface area contributed by atoms with E-state index >= 15 is 0 Å². The molecule has 5 heteroatoms. The summed E-state index contributed by atoms with van der Waals surface area (Å²) in [5, 5.41) is 0. The van der Waals surface area contributed by atoms with Crippen molar-refractivity contribution in [2.75, 3.05) is 13.7 Å². The summed E-state index contributed by atoms with van der Waals surface area (Å²) in [5.74, 6) is 0. The van der Waals surface area contributed by atoms with Gasteiger partial charge in [0.1, 0.15) is 0 Å². The summed E-state index contributed by atoms with van der Waals surface area (Å²) in [6, 6.07) is 0. The van der Waals surface area contributed by atoms with Gasteiger partial charge in [-0.25, -0.2) is 0 Å². The Morgan fingerprint density at radius 2 is 1.59 bits per heavy atom. The third kappa shape index (κ3) is 4.56. The summed E-state index contributed by atoms with van der Waals surface area (Å²) >= 11 is 2.25. The molecule has 0 fully saturated rings. The fourth-order valence-electron chi connectivity index (χ4n) is 1.96. The van der Waals surface area contributed by atoms with Gasteiger partial charge in [0.15, 0.2) is 0 Å². The molecule has 0 aliphatic heterocycles. The maximum absolute atomic E-state index is 5.15. The summed E-state index contributed by atoms with van der Waals surface area (Å²) in [4.78, 5) is 0. The van der Waals surface area contributed by atoms with E-state index in [2.05, 4.69) is 48.1 Å². The number of hydrogen-bond acceptors (Lipinski definition) is 1. The van der Waals surface area contributed by atoms with E-state index in [0.717, 1.165) is 13.0 Å². The number of ether oxygens (including phenoxy) is 1. The third-order valence-electron chi connectivity index (χ3n) is 3.44. The molecule has 0 saturated heterocycles. The Kier molecular flexibility index (Phi) is 12.3. The molecular formula is C12H19Cl3OTi. The Balaban J connectivity index is -0.000000653. The molecule has 0 bridgehead atoms. The van der Waals surface area contributed by atoms with Crippen molar-refractivity contribution in [3.05, 3.63) is 20.6 Å². The minimum Gasteiger partial charge on any atom is -1.00 e. The van der Waals surface area contributed by atoms with Crippen LogP contribution in [0.2, 0.25) is 0 Å². The summed E-state index contributed by atoms with van der Waals surface area (Å²) in [6.45, 7) is 9.92. The normalized spacial score (nSPS) is 17.4. The molecule has 0 saturated carbocycles. The minimum absolute atomic E-state index is 0. The molecule has 0 aromatic carbocycles. The van der Waals surface area contributed by atoms with Crippen molar-refractivity contribution in [1.29, 1.82) is 0 Å². The van der Waals surface area contributed by atoms with Gasteiger partial charge >= 0.3 is 99.0 Å². The van der Waals surface area contributed by atoms with Crippen LogP contribution in [0.3, 0.4) is 0 Å². The van der Waals surface area contributed by atoms with Gasteiger partial charge < -0.3 is 37.2 Å². The van der Waals surface area contributed by atoms with Crippen molar-refractivity contribution in [3.8, 4) is 0 Å². The SMILES string of the molecule is COCCC1=[C]([Ti+3])C(C)(C)C(C)=C1C.[Cl-].[Cl-].[Cl-]. The van der Waals surface area contributed by atoms with Crippen LogP contribution in [0.25, 0.3) is 0 Å². The van der Waals surface area contributed by atoms with Crippen LogP contribution in [0, 0.1) is 5.41 Å². The molecule has 0 aromatic heterocycles. The Morgan fingerprint density at radius 1 is 1.12 bits per heavy atom. The van der Waals surface area contributed by atoms with Crippen LogP contribution >= 0.6 is 0 Å². The van der Waals surface area contributed by atoms with Crippen molar-refractivity contribution in [3.63, 3.8) is 0 Å². The van der Waals surface area contributed by atoms with Crippen molar-refractivity contribution < 1.29 is 62.4 Å². The van der Waals surface area contributed by atoms with Gasteiger partial charge in [0.2, 0.25) is 0 Å². The molecule has 0 spiro atoms. The van der Waals surface area contributed by atoms with E-state index in [-0.39, 0.29) is 42.6 Å². The van der Waals surface area contributed by atoms with Gasteiger partial charge in [-0.15, -0.1) is 0 Å².